The second-order valence-electron chi connectivity index (χ2n) is 4.21. The van der Waals surface area contributed by atoms with Gasteiger partial charge in [0.2, 0.25) is 0 Å². The number of esters is 2. The van der Waals surface area contributed by atoms with Crippen LogP contribution in [0.1, 0.15) is 37.6 Å². The summed E-state index contributed by atoms with van der Waals surface area (Å²) >= 11 is 0. The minimum atomic E-state index is -0.469. The van der Waals surface area contributed by atoms with Crippen LogP contribution in [-0.2, 0) is 9.53 Å². The monoisotopic (exact) mass is 250 g/mol. The summed E-state index contributed by atoms with van der Waals surface area (Å²) in [6.07, 6.45) is 0.750. The molecule has 0 spiro atoms. The van der Waals surface area contributed by atoms with E-state index < -0.39 is 5.97 Å². The summed E-state index contributed by atoms with van der Waals surface area (Å²) in [4.78, 5) is 23.3. The van der Waals surface area contributed by atoms with Gasteiger partial charge >= 0.3 is 11.9 Å². The van der Waals surface area contributed by atoms with Crippen molar-refractivity contribution in [3.63, 3.8) is 0 Å². The Hall–Kier alpha value is -1.84. The molecule has 1 rings (SSSR count). The molecule has 4 heteroatoms. The second-order valence-corrected chi connectivity index (χ2v) is 4.21. The van der Waals surface area contributed by atoms with Crippen LogP contribution in [0.5, 0.6) is 5.75 Å². The van der Waals surface area contributed by atoms with Gasteiger partial charge in [0, 0.05) is 0 Å². The van der Waals surface area contributed by atoms with E-state index >= 15 is 0 Å². The third kappa shape index (κ3) is 3.87. The van der Waals surface area contributed by atoms with Crippen molar-refractivity contribution < 1.29 is 19.1 Å². The summed E-state index contributed by atoms with van der Waals surface area (Å²) < 4.78 is 10.2. The van der Waals surface area contributed by atoms with E-state index in [9.17, 15) is 9.59 Å². The first-order valence-electron chi connectivity index (χ1n) is 6.04. The van der Waals surface area contributed by atoms with E-state index in [1.165, 1.54) is 0 Å². The summed E-state index contributed by atoms with van der Waals surface area (Å²) in [5.41, 5.74) is 0.278. The van der Waals surface area contributed by atoms with Crippen LogP contribution in [0.25, 0.3) is 0 Å². The SMILES string of the molecule is CCCOC(=O)c1ccccc1OC(=O)C(C)C. The molecule has 0 N–H and O–H groups in total. The van der Waals surface area contributed by atoms with Crippen LogP contribution in [-0.4, -0.2) is 18.5 Å². The largest absolute Gasteiger partial charge is 0.462 e. The molecule has 0 aliphatic carbocycles. The fraction of sp³-hybridized carbons (Fsp3) is 0.429. The van der Waals surface area contributed by atoms with Gasteiger partial charge in [0.1, 0.15) is 11.3 Å². The molecule has 98 valence electrons. The van der Waals surface area contributed by atoms with Gasteiger partial charge in [-0.1, -0.05) is 32.9 Å². The van der Waals surface area contributed by atoms with Gasteiger partial charge in [-0.2, -0.15) is 0 Å². The third-order valence-electron chi connectivity index (χ3n) is 2.23. The Morgan fingerprint density at radius 1 is 1.22 bits per heavy atom. The molecule has 0 atom stereocenters. The summed E-state index contributed by atoms with van der Waals surface area (Å²) in [7, 11) is 0. The van der Waals surface area contributed by atoms with Gasteiger partial charge in [0.15, 0.2) is 0 Å². The van der Waals surface area contributed by atoms with Gasteiger partial charge in [0.25, 0.3) is 0 Å². The average Bonchev–Trinajstić information content (AvgIpc) is 2.36. The van der Waals surface area contributed by atoms with Crippen molar-refractivity contribution in [3.05, 3.63) is 29.8 Å². The van der Waals surface area contributed by atoms with E-state index in [-0.39, 0.29) is 23.2 Å². The average molecular weight is 250 g/mol. The second kappa shape index (κ2) is 6.79. The number of hydrogen-bond donors (Lipinski definition) is 0. The zero-order valence-corrected chi connectivity index (χ0v) is 10.9. The summed E-state index contributed by atoms with van der Waals surface area (Å²) in [6, 6.07) is 6.58. The Labute approximate surface area is 107 Å². The van der Waals surface area contributed by atoms with Gasteiger partial charge in [-0.25, -0.2) is 4.79 Å². The standard InChI is InChI=1S/C14H18O4/c1-4-9-17-14(16)11-7-5-6-8-12(11)18-13(15)10(2)3/h5-8,10H,4,9H2,1-3H3. The van der Waals surface area contributed by atoms with E-state index in [0.717, 1.165) is 6.42 Å². The van der Waals surface area contributed by atoms with Crippen molar-refractivity contribution >= 4 is 11.9 Å². The van der Waals surface area contributed by atoms with E-state index in [1.54, 1.807) is 38.1 Å². The Balaban J connectivity index is 2.85. The fourth-order valence-electron chi connectivity index (χ4n) is 1.22. The normalized spacial score (nSPS) is 10.2. The smallest absolute Gasteiger partial charge is 0.341 e. The predicted octanol–water partition coefficient (Wildman–Crippen LogP) is 2.81. The van der Waals surface area contributed by atoms with E-state index in [4.69, 9.17) is 9.47 Å². The molecule has 4 nitrogen and oxygen atoms in total. The van der Waals surface area contributed by atoms with E-state index in [0.29, 0.717) is 6.61 Å². The Bertz CT molecular complexity index is 424. The molecule has 0 aliphatic rings. The molecule has 18 heavy (non-hydrogen) atoms. The number of benzene rings is 1. The van der Waals surface area contributed by atoms with Crippen molar-refractivity contribution in [2.75, 3.05) is 6.61 Å². The molecular formula is C14H18O4. The molecule has 0 amide bonds. The summed E-state index contributed by atoms with van der Waals surface area (Å²) in [5, 5.41) is 0. The lowest BCUT2D eigenvalue weighted by Gasteiger charge is -2.10. The fourth-order valence-corrected chi connectivity index (χ4v) is 1.22. The maximum Gasteiger partial charge on any atom is 0.341 e. The number of hydrogen-bond acceptors (Lipinski definition) is 4. The zero-order valence-electron chi connectivity index (χ0n) is 10.9. The van der Waals surface area contributed by atoms with Crippen LogP contribution < -0.4 is 4.74 Å². The van der Waals surface area contributed by atoms with Crippen LogP contribution in [0, 0.1) is 5.92 Å². The highest BCUT2D eigenvalue weighted by Crippen LogP contribution is 2.20. The van der Waals surface area contributed by atoms with Crippen molar-refractivity contribution in [1.29, 1.82) is 0 Å². The minimum Gasteiger partial charge on any atom is -0.462 e. The topological polar surface area (TPSA) is 52.6 Å². The molecule has 1 aromatic carbocycles. The van der Waals surface area contributed by atoms with Gasteiger partial charge < -0.3 is 9.47 Å². The van der Waals surface area contributed by atoms with Gasteiger partial charge in [-0.05, 0) is 18.6 Å². The third-order valence-corrected chi connectivity index (χ3v) is 2.23. The van der Waals surface area contributed by atoms with Crippen molar-refractivity contribution in [2.24, 2.45) is 5.92 Å². The molecule has 0 fully saturated rings. The molecule has 0 radical (unpaired) electrons. The molecule has 0 bridgehead atoms. The molecule has 0 aliphatic heterocycles. The Morgan fingerprint density at radius 2 is 1.89 bits per heavy atom. The molecule has 1 aromatic rings. The van der Waals surface area contributed by atoms with Crippen molar-refractivity contribution in [2.45, 2.75) is 27.2 Å². The van der Waals surface area contributed by atoms with Gasteiger partial charge in [0.05, 0.1) is 12.5 Å². The van der Waals surface area contributed by atoms with Crippen LogP contribution in [0.2, 0.25) is 0 Å². The first-order valence-corrected chi connectivity index (χ1v) is 6.04. The lowest BCUT2D eigenvalue weighted by molar-refractivity contribution is -0.137. The highest BCUT2D eigenvalue weighted by molar-refractivity contribution is 5.93. The minimum absolute atomic E-state index is 0.246. The Morgan fingerprint density at radius 3 is 2.50 bits per heavy atom. The number of para-hydroxylation sites is 1. The van der Waals surface area contributed by atoms with E-state index in [2.05, 4.69) is 0 Å². The predicted molar refractivity (Wildman–Crippen MR) is 67.5 cm³/mol. The lowest BCUT2D eigenvalue weighted by Crippen LogP contribution is -2.17. The summed E-state index contributed by atoms with van der Waals surface area (Å²) in [6.45, 7) is 5.74. The quantitative estimate of drug-likeness (QED) is 0.595. The zero-order chi connectivity index (χ0) is 13.5. The van der Waals surface area contributed by atoms with Crippen LogP contribution >= 0.6 is 0 Å². The molecular weight excluding hydrogens is 232 g/mol. The first-order chi connectivity index (χ1) is 8.56. The highest BCUT2D eigenvalue weighted by Gasteiger charge is 2.17. The molecule has 0 saturated heterocycles. The van der Waals surface area contributed by atoms with Gasteiger partial charge in [-0.15, -0.1) is 0 Å². The van der Waals surface area contributed by atoms with Crippen LogP contribution in [0.15, 0.2) is 24.3 Å². The number of carbonyl (C=O) groups excluding carboxylic acids is 2. The lowest BCUT2D eigenvalue weighted by atomic mass is 10.2. The maximum atomic E-state index is 11.8. The maximum absolute atomic E-state index is 11.8. The number of rotatable bonds is 5. The number of ether oxygens (including phenoxy) is 2. The van der Waals surface area contributed by atoms with Crippen LogP contribution in [0.4, 0.5) is 0 Å². The van der Waals surface area contributed by atoms with Crippen molar-refractivity contribution in [3.8, 4) is 5.75 Å². The van der Waals surface area contributed by atoms with Crippen molar-refractivity contribution in [1.82, 2.24) is 0 Å². The first kappa shape index (κ1) is 14.2. The van der Waals surface area contributed by atoms with E-state index in [1.807, 2.05) is 6.92 Å². The van der Waals surface area contributed by atoms with Crippen LogP contribution in [0.3, 0.4) is 0 Å². The molecule has 0 heterocycles. The molecule has 0 unspecified atom stereocenters. The summed E-state index contributed by atoms with van der Waals surface area (Å²) in [5.74, 6) is -0.836. The highest BCUT2D eigenvalue weighted by atomic mass is 16.5. The van der Waals surface area contributed by atoms with Gasteiger partial charge in [-0.3, -0.25) is 4.79 Å². The number of carbonyl (C=O) groups is 2. The molecule has 0 aromatic heterocycles. The Kier molecular flexibility index (Phi) is 5.36. The molecule has 0 saturated carbocycles.